The molecule has 0 bridgehead atoms. The lowest BCUT2D eigenvalue weighted by Crippen LogP contribution is -2.23. The van der Waals surface area contributed by atoms with Crippen LogP contribution in [0.5, 0.6) is 11.5 Å². The van der Waals surface area contributed by atoms with E-state index in [9.17, 15) is 19.8 Å². The van der Waals surface area contributed by atoms with Crippen LogP contribution in [0.4, 0.5) is 5.69 Å². The first-order valence-corrected chi connectivity index (χ1v) is 7.45. The molecule has 0 aliphatic heterocycles. The molecular weight excluding hydrogens is 308 g/mol. The predicted octanol–water partition coefficient (Wildman–Crippen LogP) is 1.91. The molecule has 0 unspecified atom stereocenters. The van der Waals surface area contributed by atoms with E-state index in [4.69, 9.17) is 0 Å². The van der Waals surface area contributed by atoms with E-state index in [0.717, 1.165) is 5.56 Å². The normalized spacial score (nSPS) is 10.2. The van der Waals surface area contributed by atoms with Crippen molar-refractivity contribution in [2.45, 2.75) is 12.8 Å². The van der Waals surface area contributed by atoms with Gasteiger partial charge in [0.15, 0.2) is 11.5 Å². The molecule has 2 aromatic rings. The average molecular weight is 328 g/mol. The summed E-state index contributed by atoms with van der Waals surface area (Å²) < 4.78 is 0. The second-order valence-corrected chi connectivity index (χ2v) is 5.71. The number of hydrogen-bond donors (Lipinski definition) is 3. The smallest absolute Gasteiger partial charge is 0.228 e. The number of phenolic OH excluding ortho intramolecular Hbond substituents is 2. The number of benzene rings is 2. The number of amides is 2. The number of hydrogen-bond acceptors (Lipinski definition) is 4. The van der Waals surface area contributed by atoms with E-state index in [0.29, 0.717) is 17.7 Å². The fourth-order valence-electron chi connectivity index (χ4n) is 2.11. The third kappa shape index (κ3) is 4.74. The lowest BCUT2D eigenvalue weighted by Gasteiger charge is -2.11. The van der Waals surface area contributed by atoms with Crippen LogP contribution in [0, 0.1) is 0 Å². The molecular formula is C18H20N2O4. The summed E-state index contributed by atoms with van der Waals surface area (Å²) in [6, 6.07) is 11.3. The molecule has 2 aromatic carbocycles. The van der Waals surface area contributed by atoms with E-state index in [1.54, 1.807) is 44.4 Å². The van der Waals surface area contributed by atoms with Crippen LogP contribution in [0.15, 0.2) is 42.5 Å². The fraction of sp³-hybridized carbons (Fsp3) is 0.222. The Hall–Kier alpha value is -3.02. The molecule has 0 aliphatic carbocycles. The minimum absolute atomic E-state index is 0.0129. The Morgan fingerprint density at radius 2 is 1.54 bits per heavy atom. The monoisotopic (exact) mass is 328 g/mol. The molecule has 0 heterocycles. The highest BCUT2D eigenvalue weighted by molar-refractivity contribution is 5.92. The van der Waals surface area contributed by atoms with E-state index in [2.05, 4.69) is 5.32 Å². The van der Waals surface area contributed by atoms with E-state index in [1.165, 1.54) is 17.0 Å². The van der Waals surface area contributed by atoms with Crippen molar-refractivity contribution in [2.24, 2.45) is 0 Å². The van der Waals surface area contributed by atoms with Gasteiger partial charge in [-0.05, 0) is 35.4 Å². The minimum Gasteiger partial charge on any atom is -0.504 e. The van der Waals surface area contributed by atoms with Crippen LogP contribution in [0.25, 0.3) is 0 Å². The quantitative estimate of drug-likeness (QED) is 0.731. The molecule has 0 aromatic heterocycles. The van der Waals surface area contributed by atoms with Gasteiger partial charge in [-0.15, -0.1) is 0 Å². The van der Waals surface area contributed by atoms with Crippen LogP contribution in [-0.4, -0.2) is 41.0 Å². The Morgan fingerprint density at radius 1 is 0.917 bits per heavy atom. The Kier molecular flexibility index (Phi) is 5.42. The maximum Gasteiger partial charge on any atom is 0.228 e. The average Bonchev–Trinajstić information content (AvgIpc) is 2.52. The van der Waals surface area contributed by atoms with Crippen molar-refractivity contribution in [3.05, 3.63) is 53.6 Å². The third-order valence-corrected chi connectivity index (χ3v) is 3.50. The molecule has 3 N–H and O–H groups in total. The summed E-state index contributed by atoms with van der Waals surface area (Å²) in [5.41, 5.74) is 2.09. The number of carbonyl (C=O) groups is 2. The van der Waals surface area contributed by atoms with Crippen LogP contribution in [0.3, 0.4) is 0 Å². The first-order valence-electron chi connectivity index (χ1n) is 7.45. The number of likely N-dealkylation sites (N-methyl/N-ethyl adjacent to an activating group) is 1. The second-order valence-electron chi connectivity index (χ2n) is 5.71. The minimum atomic E-state index is -0.254. The van der Waals surface area contributed by atoms with Crippen LogP contribution >= 0.6 is 0 Å². The molecule has 0 atom stereocenters. The van der Waals surface area contributed by atoms with Crippen LogP contribution in [-0.2, 0) is 22.4 Å². The maximum atomic E-state index is 12.0. The van der Waals surface area contributed by atoms with Gasteiger partial charge in [0.1, 0.15) is 0 Å². The van der Waals surface area contributed by atoms with Crippen molar-refractivity contribution in [1.29, 1.82) is 0 Å². The second kappa shape index (κ2) is 7.50. The van der Waals surface area contributed by atoms with Crippen LogP contribution < -0.4 is 5.32 Å². The summed E-state index contributed by atoms with van der Waals surface area (Å²) in [6.45, 7) is 0. The van der Waals surface area contributed by atoms with Crippen molar-refractivity contribution in [2.75, 3.05) is 19.4 Å². The Labute approximate surface area is 140 Å². The van der Waals surface area contributed by atoms with Gasteiger partial charge in [0.2, 0.25) is 11.8 Å². The lowest BCUT2D eigenvalue weighted by atomic mass is 10.1. The molecule has 2 rings (SSSR count). The summed E-state index contributed by atoms with van der Waals surface area (Å²) in [5, 5.41) is 21.4. The highest BCUT2D eigenvalue weighted by Gasteiger charge is 2.08. The van der Waals surface area contributed by atoms with Crippen molar-refractivity contribution in [3.63, 3.8) is 0 Å². The van der Waals surface area contributed by atoms with Gasteiger partial charge in [-0.25, -0.2) is 0 Å². The number of anilines is 1. The predicted molar refractivity (Wildman–Crippen MR) is 90.9 cm³/mol. The summed E-state index contributed by atoms with van der Waals surface area (Å²) >= 11 is 0. The molecule has 0 radical (unpaired) electrons. The summed E-state index contributed by atoms with van der Waals surface area (Å²) in [6.07, 6.45) is 0.392. The van der Waals surface area contributed by atoms with Gasteiger partial charge < -0.3 is 20.4 Å². The first-order chi connectivity index (χ1) is 11.3. The summed E-state index contributed by atoms with van der Waals surface area (Å²) in [5.74, 6) is -0.701. The van der Waals surface area contributed by atoms with E-state index in [1.807, 2.05) is 0 Å². The topological polar surface area (TPSA) is 89.9 Å². The highest BCUT2D eigenvalue weighted by atomic mass is 16.3. The Bertz CT molecular complexity index is 739. The maximum absolute atomic E-state index is 12.0. The zero-order valence-corrected chi connectivity index (χ0v) is 13.6. The van der Waals surface area contributed by atoms with Crippen molar-refractivity contribution in [3.8, 4) is 11.5 Å². The van der Waals surface area contributed by atoms with Crippen LogP contribution in [0.2, 0.25) is 0 Å². The Balaban J connectivity index is 1.94. The van der Waals surface area contributed by atoms with Crippen molar-refractivity contribution in [1.82, 2.24) is 4.90 Å². The first kappa shape index (κ1) is 17.3. The molecule has 0 aliphatic rings. The standard InChI is InChI=1S/C18H20N2O4/c1-20(2)18(24)11-12-3-6-14(7-4-12)19-17(23)10-13-5-8-15(21)16(22)9-13/h3-9,21-22H,10-11H2,1-2H3,(H,19,23). The molecule has 24 heavy (non-hydrogen) atoms. The molecule has 2 amide bonds. The highest BCUT2D eigenvalue weighted by Crippen LogP contribution is 2.25. The third-order valence-electron chi connectivity index (χ3n) is 3.50. The van der Waals surface area contributed by atoms with Gasteiger partial charge in [-0.1, -0.05) is 18.2 Å². The largest absolute Gasteiger partial charge is 0.504 e. The number of nitrogens with zero attached hydrogens (tertiary/aromatic N) is 1. The van der Waals surface area contributed by atoms with Crippen molar-refractivity contribution >= 4 is 17.5 Å². The van der Waals surface area contributed by atoms with Gasteiger partial charge in [0.05, 0.1) is 12.8 Å². The van der Waals surface area contributed by atoms with Gasteiger partial charge in [-0.2, -0.15) is 0 Å². The van der Waals surface area contributed by atoms with Gasteiger partial charge >= 0.3 is 0 Å². The van der Waals surface area contributed by atoms with Gasteiger partial charge in [0, 0.05) is 19.8 Å². The summed E-state index contributed by atoms with van der Waals surface area (Å²) in [4.78, 5) is 25.2. The SMILES string of the molecule is CN(C)C(=O)Cc1ccc(NC(=O)Cc2ccc(O)c(O)c2)cc1. The van der Waals surface area contributed by atoms with Crippen LogP contribution in [0.1, 0.15) is 11.1 Å². The molecule has 0 spiro atoms. The number of carbonyl (C=O) groups excluding carboxylic acids is 2. The molecule has 0 saturated carbocycles. The molecule has 6 nitrogen and oxygen atoms in total. The molecule has 6 heteroatoms. The Morgan fingerprint density at radius 3 is 2.12 bits per heavy atom. The van der Waals surface area contributed by atoms with Crippen molar-refractivity contribution < 1.29 is 19.8 Å². The molecule has 126 valence electrons. The lowest BCUT2D eigenvalue weighted by molar-refractivity contribution is -0.128. The van der Waals surface area contributed by atoms with Gasteiger partial charge in [-0.3, -0.25) is 9.59 Å². The van der Waals surface area contributed by atoms with E-state index >= 15 is 0 Å². The van der Waals surface area contributed by atoms with Gasteiger partial charge in [0.25, 0.3) is 0 Å². The van der Waals surface area contributed by atoms with E-state index in [-0.39, 0.29) is 29.7 Å². The molecule has 0 saturated heterocycles. The zero-order valence-electron chi connectivity index (χ0n) is 13.6. The summed E-state index contributed by atoms with van der Waals surface area (Å²) in [7, 11) is 3.41. The van der Waals surface area contributed by atoms with E-state index < -0.39 is 0 Å². The number of nitrogens with one attached hydrogen (secondary N) is 1. The number of aromatic hydroxyl groups is 2. The number of rotatable bonds is 5. The number of phenols is 2. The molecule has 0 fully saturated rings. The fourth-order valence-corrected chi connectivity index (χ4v) is 2.11. The zero-order chi connectivity index (χ0) is 17.7.